The lowest BCUT2D eigenvalue weighted by molar-refractivity contribution is -0.386. The van der Waals surface area contributed by atoms with Gasteiger partial charge in [0, 0.05) is 30.1 Å². The Morgan fingerprint density at radius 2 is 2.07 bits per heavy atom. The van der Waals surface area contributed by atoms with Crippen LogP contribution in [0.15, 0.2) is 54.4 Å². The Labute approximate surface area is 152 Å². The largest absolute Gasteiger partial charge is 0.434 e. The number of nitrogens with one attached hydrogen (secondary N) is 1. The maximum absolute atomic E-state index is 12.2. The highest BCUT2D eigenvalue weighted by Crippen LogP contribution is 2.30. The summed E-state index contributed by atoms with van der Waals surface area (Å²) < 4.78 is 5.48. The number of nitro groups is 1. The minimum Gasteiger partial charge on any atom is -0.434 e. The lowest BCUT2D eigenvalue weighted by Gasteiger charge is -2.13. The zero-order valence-electron chi connectivity index (χ0n) is 13.9. The fraction of sp³-hybridized carbons (Fsp3) is 0.118. The van der Waals surface area contributed by atoms with Crippen molar-refractivity contribution in [1.82, 2.24) is 9.88 Å². The number of imide groups is 1. The molecule has 1 aliphatic heterocycles. The van der Waals surface area contributed by atoms with Crippen LogP contribution in [0.3, 0.4) is 0 Å². The zero-order chi connectivity index (χ0) is 19.4. The molecular weight excluding hydrogens is 356 g/mol. The van der Waals surface area contributed by atoms with Crippen LogP contribution in [-0.4, -0.2) is 44.9 Å². The molecule has 1 aromatic heterocycles. The molecule has 0 atom stereocenters. The van der Waals surface area contributed by atoms with Gasteiger partial charge in [-0.2, -0.15) is 0 Å². The third-order valence-corrected chi connectivity index (χ3v) is 3.61. The number of benzene rings is 1. The summed E-state index contributed by atoms with van der Waals surface area (Å²) in [6.45, 7) is -0.420. The van der Waals surface area contributed by atoms with Crippen LogP contribution in [0.5, 0.6) is 11.6 Å². The van der Waals surface area contributed by atoms with Crippen molar-refractivity contribution in [2.24, 2.45) is 0 Å². The first kappa shape index (κ1) is 18.0. The lowest BCUT2D eigenvalue weighted by atomic mass is 10.3. The number of aliphatic hydroxyl groups excluding tert-OH is 1. The van der Waals surface area contributed by atoms with Crippen molar-refractivity contribution < 1.29 is 24.4 Å². The van der Waals surface area contributed by atoms with E-state index in [4.69, 9.17) is 9.84 Å². The highest BCUT2D eigenvalue weighted by molar-refractivity contribution is 6.17. The third kappa shape index (κ3) is 3.90. The number of pyridine rings is 1. The Morgan fingerprint density at radius 3 is 2.81 bits per heavy atom. The number of amides is 2. The molecule has 3 rings (SSSR count). The second-order valence-electron chi connectivity index (χ2n) is 5.42. The molecule has 10 heteroatoms. The molecule has 0 bridgehead atoms. The molecule has 1 aromatic carbocycles. The average Bonchev–Trinajstić information content (AvgIpc) is 2.90. The summed E-state index contributed by atoms with van der Waals surface area (Å²) in [4.78, 5) is 39.1. The highest BCUT2D eigenvalue weighted by Gasteiger charge is 2.30. The quantitative estimate of drug-likeness (QED) is 0.425. The Morgan fingerprint density at radius 1 is 1.26 bits per heavy atom. The predicted molar refractivity (Wildman–Crippen MR) is 92.9 cm³/mol. The van der Waals surface area contributed by atoms with Gasteiger partial charge in [0.15, 0.2) is 0 Å². The number of aromatic nitrogens is 1. The van der Waals surface area contributed by atoms with Crippen LogP contribution < -0.4 is 10.1 Å². The number of carbonyl (C=O) groups is 2. The van der Waals surface area contributed by atoms with Gasteiger partial charge in [-0.15, -0.1) is 0 Å². The summed E-state index contributed by atoms with van der Waals surface area (Å²) in [5.74, 6) is -0.986. The Kier molecular flexibility index (Phi) is 5.08. The minimum absolute atomic E-state index is 0.0504. The van der Waals surface area contributed by atoms with Crippen molar-refractivity contribution in [3.63, 3.8) is 0 Å². The molecule has 0 radical (unpaired) electrons. The van der Waals surface area contributed by atoms with Crippen molar-refractivity contribution >= 4 is 23.2 Å². The number of carbonyl (C=O) groups excluding carboxylic acids is 2. The Balaban J connectivity index is 1.77. The SMILES string of the molecule is O=C1C=C(Nc2cccc(Oc3ncccc3[N+](=O)[O-])c2)C(=O)N1CCO. The number of nitrogens with zero attached hydrogens (tertiary/aromatic N) is 3. The lowest BCUT2D eigenvalue weighted by Crippen LogP contribution is -2.34. The fourth-order valence-electron chi connectivity index (χ4n) is 2.41. The molecule has 2 heterocycles. The van der Waals surface area contributed by atoms with E-state index in [1.54, 1.807) is 18.2 Å². The minimum atomic E-state index is -0.603. The standard InChI is InChI=1S/C17H14N4O6/c22-8-7-20-15(23)10-13(17(20)24)19-11-3-1-4-12(9-11)27-16-14(21(25)26)5-2-6-18-16/h1-6,9-10,19,22H,7-8H2. The molecule has 27 heavy (non-hydrogen) atoms. The van der Waals surface area contributed by atoms with E-state index in [1.165, 1.54) is 24.4 Å². The van der Waals surface area contributed by atoms with E-state index in [0.29, 0.717) is 5.69 Å². The number of aliphatic hydroxyl groups is 1. The molecule has 10 nitrogen and oxygen atoms in total. The maximum Gasteiger partial charge on any atom is 0.331 e. The number of hydrogen-bond acceptors (Lipinski definition) is 8. The van der Waals surface area contributed by atoms with E-state index in [-0.39, 0.29) is 36.2 Å². The number of hydrogen-bond donors (Lipinski definition) is 2. The van der Waals surface area contributed by atoms with Crippen molar-refractivity contribution in [3.8, 4) is 11.6 Å². The number of β-amino-alcohol motifs (C(OH)–C–C–N with tert-alkyl or cyclic N) is 1. The molecule has 0 saturated carbocycles. The van der Waals surface area contributed by atoms with Gasteiger partial charge in [-0.3, -0.25) is 24.6 Å². The third-order valence-electron chi connectivity index (χ3n) is 3.61. The molecule has 0 aliphatic carbocycles. The number of anilines is 1. The van der Waals surface area contributed by atoms with E-state index < -0.39 is 16.7 Å². The molecule has 138 valence electrons. The second-order valence-corrected chi connectivity index (χ2v) is 5.42. The number of ether oxygens (including phenoxy) is 1. The Bertz CT molecular complexity index is 943. The van der Waals surface area contributed by atoms with Crippen LogP contribution in [-0.2, 0) is 9.59 Å². The molecule has 0 unspecified atom stereocenters. The first-order valence-corrected chi connectivity index (χ1v) is 7.82. The summed E-state index contributed by atoms with van der Waals surface area (Å²) in [6, 6.07) is 9.01. The van der Waals surface area contributed by atoms with Gasteiger partial charge in [-0.1, -0.05) is 6.07 Å². The van der Waals surface area contributed by atoms with Crippen LogP contribution in [0.1, 0.15) is 0 Å². The maximum atomic E-state index is 12.2. The summed E-state index contributed by atoms with van der Waals surface area (Å²) >= 11 is 0. The van der Waals surface area contributed by atoms with Gasteiger partial charge < -0.3 is 15.2 Å². The van der Waals surface area contributed by atoms with Gasteiger partial charge in [-0.05, 0) is 18.2 Å². The molecule has 0 spiro atoms. The van der Waals surface area contributed by atoms with Gasteiger partial charge in [-0.25, -0.2) is 4.98 Å². The van der Waals surface area contributed by atoms with Crippen LogP contribution >= 0.6 is 0 Å². The van der Waals surface area contributed by atoms with Crippen LogP contribution in [0.25, 0.3) is 0 Å². The highest BCUT2D eigenvalue weighted by atomic mass is 16.6. The molecule has 2 N–H and O–H groups in total. The van der Waals surface area contributed by atoms with Crippen LogP contribution in [0.4, 0.5) is 11.4 Å². The van der Waals surface area contributed by atoms with E-state index in [0.717, 1.165) is 11.0 Å². The average molecular weight is 370 g/mol. The molecule has 1 aliphatic rings. The van der Waals surface area contributed by atoms with E-state index in [9.17, 15) is 19.7 Å². The van der Waals surface area contributed by atoms with E-state index >= 15 is 0 Å². The molecule has 0 fully saturated rings. The van der Waals surface area contributed by atoms with Crippen molar-refractivity contribution in [1.29, 1.82) is 0 Å². The molecule has 2 amide bonds. The van der Waals surface area contributed by atoms with Crippen molar-refractivity contribution in [2.45, 2.75) is 0 Å². The first-order valence-electron chi connectivity index (χ1n) is 7.82. The summed E-state index contributed by atoms with van der Waals surface area (Å²) in [7, 11) is 0. The smallest absolute Gasteiger partial charge is 0.331 e. The normalized spacial score (nSPS) is 13.5. The Hall–Kier alpha value is -3.79. The number of rotatable bonds is 7. The predicted octanol–water partition coefficient (Wildman–Crippen LogP) is 1.44. The second kappa shape index (κ2) is 7.62. The van der Waals surface area contributed by atoms with Crippen LogP contribution in [0.2, 0.25) is 0 Å². The molecule has 2 aromatic rings. The van der Waals surface area contributed by atoms with Crippen LogP contribution in [0, 0.1) is 10.1 Å². The van der Waals surface area contributed by atoms with E-state index in [1.807, 2.05) is 0 Å². The van der Waals surface area contributed by atoms with Crippen molar-refractivity contribution in [3.05, 3.63) is 64.5 Å². The molecule has 0 saturated heterocycles. The van der Waals surface area contributed by atoms with Crippen molar-refractivity contribution in [2.75, 3.05) is 18.5 Å². The monoisotopic (exact) mass is 370 g/mol. The topological polar surface area (TPSA) is 135 Å². The zero-order valence-corrected chi connectivity index (χ0v) is 13.9. The summed E-state index contributed by atoms with van der Waals surface area (Å²) in [6.07, 6.45) is 2.50. The van der Waals surface area contributed by atoms with Gasteiger partial charge in [0.2, 0.25) is 0 Å². The fourth-order valence-corrected chi connectivity index (χ4v) is 2.41. The van der Waals surface area contributed by atoms with Gasteiger partial charge in [0.25, 0.3) is 17.7 Å². The van der Waals surface area contributed by atoms with Gasteiger partial charge in [0.05, 0.1) is 18.1 Å². The molecular formula is C17H14N4O6. The summed E-state index contributed by atoms with van der Waals surface area (Å²) in [5, 5.41) is 22.8. The van der Waals surface area contributed by atoms with Gasteiger partial charge >= 0.3 is 5.69 Å². The summed E-state index contributed by atoms with van der Waals surface area (Å²) in [5.41, 5.74) is 0.202. The first-order chi connectivity index (χ1) is 13.0. The van der Waals surface area contributed by atoms with E-state index in [2.05, 4.69) is 10.3 Å². The van der Waals surface area contributed by atoms with Gasteiger partial charge in [0.1, 0.15) is 11.4 Å².